The van der Waals surface area contributed by atoms with Gasteiger partial charge in [0.2, 0.25) is 5.91 Å². The zero-order valence-electron chi connectivity index (χ0n) is 12.7. The Bertz CT molecular complexity index is 415. The Labute approximate surface area is 121 Å². The molecule has 0 saturated carbocycles. The fourth-order valence-electron chi connectivity index (χ4n) is 2.05. The molecule has 20 heavy (non-hydrogen) atoms. The average Bonchev–Trinajstić information content (AvgIpc) is 2.51. The van der Waals surface area contributed by atoms with Gasteiger partial charge in [-0.3, -0.25) is 4.79 Å². The highest BCUT2D eigenvalue weighted by Gasteiger charge is 2.25. The normalized spacial score (nSPS) is 14.7. The van der Waals surface area contributed by atoms with Gasteiger partial charge >= 0.3 is 0 Å². The summed E-state index contributed by atoms with van der Waals surface area (Å²) in [6, 6.07) is 9.38. The largest absolute Gasteiger partial charge is 0.354 e. The highest BCUT2D eigenvalue weighted by molar-refractivity contribution is 5.79. The maximum Gasteiger partial charge on any atom is 0.224 e. The van der Waals surface area contributed by atoms with Crippen molar-refractivity contribution >= 4 is 5.91 Å². The Kier molecular flexibility index (Phi) is 6.17. The highest BCUT2D eigenvalue weighted by atomic mass is 16.1. The number of hydrogen-bond donors (Lipinski definition) is 3. The van der Waals surface area contributed by atoms with Gasteiger partial charge < -0.3 is 16.8 Å². The van der Waals surface area contributed by atoms with Crippen molar-refractivity contribution in [1.82, 2.24) is 5.32 Å². The number of nitrogens with one attached hydrogen (secondary N) is 1. The Balaban J connectivity index is 2.59. The summed E-state index contributed by atoms with van der Waals surface area (Å²) in [5, 5.41) is 2.93. The Morgan fingerprint density at radius 2 is 1.80 bits per heavy atom. The van der Waals surface area contributed by atoms with Crippen molar-refractivity contribution in [3.05, 3.63) is 35.9 Å². The molecule has 1 aromatic carbocycles. The van der Waals surface area contributed by atoms with E-state index >= 15 is 0 Å². The van der Waals surface area contributed by atoms with Gasteiger partial charge in [-0.15, -0.1) is 0 Å². The van der Waals surface area contributed by atoms with Crippen molar-refractivity contribution in [3.63, 3.8) is 0 Å². The van der Waals surface area contributed by atoms with Gasteiger partial charge in [0.05, 0.1) is 5.92 Å². The first-order valence-electron chi connectivity index (χ1n) is 7.30. The van der Waals surface area contributed by atoms with Gasteiger partial charge in [0, 0.05) is 18.1 Å². The van der Waals surface area contributed by atoms with Crippen LogP contribution in [0.1, 0.15) is 45.2 Å². The molecule has 0 spiro atoms. The Morgan fingerprint density at radius 3 is 2.30 bits per heavy atom. The van der Waals surface area contributed by atoms with Gasteiger partial charge in [0.25, 0.3) is 0 Å². The van der Waals surface area contributed by atoms with Crippen molar-refractivity contribution < 1.29 is 4.79 Å². The third-order valence-corrected chi connectivity index (χ3v) is 4.16. The molecule has 2 unspecified atom stereocenters. The Morgan fingerprint density at radius 1 is 1.25 bits per heavy atom. The number of hydrogen-bond acceptors (Lipinski definition) is 3. The number of amides is 1. The minimum Gasteiger partial charge on any atom is -0.354 e. The van der Waals surface area contributed by atoms with E-state index in [1.54, 1.807) is 0 Å². The van der Waals surface area contributed by atoms with Gasteiger partial charge in [-0.2, -0.15) is 0 Å². The molecule has 0 aliphatic carbocycles. The molecule has 4 nitrogen and oxygen atoms in total. The van der Waals surface area contributed by atoms with E-state index in [1.807, 2.05) is 51.1 Å². The number of carbonyl (C=O) groups is 1. The van der Waals surface area contributed by atoms with E-state index in [-0.39, 0.29) is 23.4 Å². The van der Waals surface area contributed by atoms with Crippen molar-refractivity contribution in [2.75, 3.05) is 6.54 Å². The number of benzene rings is 1. The van der Waals surface area contributed by atoms with Gasteiger partial charge in [0.15, 0.2) is 0 Å². The van der Waals surface area contributed by atoms with E-state index in [0.29, 0.717) is 6.54 Å². The summed E-state index contributed by atoms with van der Waals surface area (Å²) in [6.45, 7) is 6.41. The third kappa shape index (κ3) is 4.32. The quantitative estimate of drug-likeness (QED) is 0.712. The first-order chi connectivity index (χ1) is 9.43. The molecule has 0 aromatic heterocycles. The van der Waals surface area contributed by atoms with Crippen LogP contribution in [0.5, 0.6) is 0 Å². The maximum absolute atomic E-state index is 12.2. The molecule has 0 fully saturated rings. The molecular formula is C16H27N3O. The number of nitrogens with two attached hydrogens (primary N) is 2. The second-order valence-corrected chi connectivity index (χ2v) is 5.51. The molecule has 0 aliphatic heterocycles. The van der Waals surface area contributed by atoms with Crippen LogP contribution in [0, 0.1) is 5.92 Å². The number of carbonyl (C=O) groups excluding carboxylic acids is 1. The van der Waals surface area contributed by atoms with Crippen molar-refractivity contribution in [2.45, 2.75) is 45.2 Å². The molecule has 1 aromatic rings. The van der Waals surface area contributed by atoms with Crippen LogP contribution in [-0.4, -0.2) is 18.0 Å². The van der Waals surface area contributed by atoms with Gasteiger partial charge in [-0.25, -0.2) is 0 Å². The van der Waals surface area contributed by atoms with Crippen molar-refractivity contribution in [3.8, 4) is 0 Å². The summed E-state index contributed by atoms with van der Waals surface area (Å²) < 4.78 is 0. The minimum atomic E-state index is -0.327. The lowest BCUT2D eigenvalue weighted by Crippen LogP contribution is -2.50. The van der Waals surface area contributed by atoms with Crippen LogP contribution >= 0.6 is 0 Å². The lowest BCUT2D eigenvalue weighted by Gasteiger charge is -2.28. The van der Waals surface area contributed by atoms with E-state index in [9.17, 15) is 4.79 Å². The predicted molar refractivity (Wildman–Crippen MR) is 83.0 cm³/mol. The van der Waals surface area contributed by atoms with Crippen molar-refractivity contribution in [1.29, 1.82) is 0 Å². The van der Waals surface area contributed by atoms with Crippen LogP contribution in [0.4, 0.5) is 0 Å². The fourth-order valence-corrected chi connectivity index (χ4v) is 2.05. The van der Waals surface area contributed by atoms with E-state index in [1.165, 1.54) is 0 Å². The van der Waals surface area contributed by atoms with E-state index in [2.05, 4.69) is 5.32 Å². The second-order valence-electron chi connectivity index (χ2n) is 5.51. The lowest BCUT2D eigenvalue weighted by molar-refractivity contribution is -0.125. The van der Waals surface area contributed by atoms with Crippen LogP contribution in [0.3, 0.4) is 0 Å². The molecule has 4 heteroatoms. The summed E-state index contributed by atoms with van der Waals surface area (Å²) in [5.41, 5.74) is 13.0. The molecule has 112 valence electrons. The van der Waals surface area contributed by atoms with Crippen LogP contribution < -0.4 is 16.8 Å². The molecule has 2 atom stereocenters. The zero-order chi connectivity index (χ0) is 15.2. The molecule has 5 N–H and O–H groups in total. The van der Waals surface area contributed by atoms with E-state index in [0.717, 1.165) is 18.4 Å². The third-order valence-electron chi connectivity index (χ3n) is 4.16. The molecule has 1 rings (SSSR count). The summed E-state index contributed by atoms with van der Waals surface area (Å²) in [5.74, 6) is -0.326. The standard InChI is InChI=1S/C16H27N3O/c1-4-16(18,5-2)11-19-15(20)12(3)14(17)13-9-7-6-8-10-13/h6-10,12,14H,4-5,11,17-18H2,1-3H3,(H,19,20). The smallest absolute Gasteiger partial charge is 0.224 e. The highest BCUT2D eigenvalue weighted by Crippen LogP contribution is 2.19. The molecule has 0 bridgehead atoms. The van der Waals surface area contributed by atoms with Crippen LogP contribution in [0.25, 0.3) is 0 Å². The SMILES string of the molecule is CCC(N)(CC)CNC(=O)C(C)C(N)c1ccccc1. The van der Waals surface area contributed by atoms with Crippen LogP contribution in [-0.2, 0) is 4.79 Å². The van der Waals surface area contributed by atoms with E-state index in [4.69, 9.17) is 11.5 Å². The van der Waals surface area contributed by atoms with Gasteiger partial charge in [-0.1, -0.05) is 51.1 Å². The molecule has 0 radical (unpaired) electrons. The first kappa shape index (κ1) is 16.7. The average molecular weight is 277 g/mol. The Hall–Kier alpha value is -1.39. The minimum absolute atomic E-state index is 0.0434. The first-order valence-corrected chi connectivity index (χ1v) is 7.30. The summed E-state index contributed by atoms with van der Waals surface area (Å²) in [7, 11) is 0. The van der Waals surface area contributed by atoms with Crippen LogP contribution in [0.15, 0.2) is 30.3 Å². The topological polar surface area (TPSA) is 81.1 Å². The molecule has 0 saturated heterocycles. The molecule has 0 heterocycles. The predicted octanol–water partition coefficient (Wildman–Crippen LogP) is 1.96. The molecule has 0 aliphatic rings. The zero-order valence-corrected chi connectivity index (χ0v) is 12.7. The second kappa shape index (κ2) is 7.41. The lowest BCUT2D eigenvalue weighted by atomic mass is 9.92. The van der Waals surface area contributed by atoms with Crippen LogP contribution in [0.2, 0.25) is 0 Å². The monoisotopic (exact) mass is 277 g/mol. The maximum atomic E-state index is 12.2. The van der Waals surface area contributed by atoms with Crippen molar-refractivity contribution in [2.24, 2.45) is 17.4 Å². The molecular weight excluding hydrogens is 250 g/mol. The molecule has 1 amide bonds. The fraction of sp³-hybridized carbons (Fsp3) is 0.562. The summed E-state index contributed by atoms with van der Waals surface area (Å²) in [4.78, 5) is 12.2. The van der Waals surface area contributed by atoms with Gasteiger partial charge in [-0.05, 0) is 18.4 Å². The van der Waals surface area contributed by atoms with Gasteiger partial charge in [0.1, 0.15) is 0 Å². The summed E-state index contributed by atoms with van der Waals surface area (Å²) >= 11 is 0. The number of rotatable bonds is 7. The van der Waals surface area contributed by atoms with E-state index < -0.39 is 0 Å². The summed E-state index contributed by atoms with van der Waals surface area (Å²) in [6.07, 6.45) is 1.67.